The summed E-state index contributed by atoms with van der Waals surface area (Å²) in [6.45, 7) is 0.535. The Morgan fingerprint density at radius 3 is 2.65 bits per heavy atom. The van der Waals surface area contributed by atoms with Gasteiger partial charge in [-0.05, 0) is 12.8 Å². The van der Waals surface area contributed by atoms with E-state index in [0.717, 1.165) is 12.8 Å². The maximum absolute atomic E-state index is 6.29. The molecule has 2 rings (SSSR count). The van der Waals surface area contributed by atoms with Gasteiger partial charge in [0, 0.05) is 12.1 Å². The van der Waals surface area contributed by atoms with Gasteiger partial charge in [0.2, 0.25) is 11.8 Å². The van der Waals surface area contributed by atoms with Crippen LogP contribution in [0.15, 0.2) is 18.2 Å². The fourth-order valence-electron chi connectivity index (χ4n) is 2.21. The molecule has 1 aromatic rings. The molecule has 0 saturated heterocycles. The third-order valence-corrected chi connectivity index (χ3v) is 3.26. The van der Waals surface area contributed by atoms with Gasteiger partial charge in [-0.1, -0.05) is 25.3 Å². The normalized spacial score (nSPS) is 18.7. The second-order valence-corrected chi connectivity index (χ2v) is 4.73. The molecule has 4 nitrogen and oxygen atoms in total. The van der Waals surface area contributed by atoms with Crippen molar-refractivity contribution in [3.63, 3.8) is 0 Å². The summed E-state index contributed by atoms with van der Waals surface area (Å²) < 4.78 is 10.7. The SMILES string of the molecule is COc1cccc(OCC2(N)CCCCC2)n1. The Balaban J connectivity index is 1.92. The summed E-state index contributed by atoms with van der Waals surface area (Å²) in [6.07, 6.45) is 5.76. The predicted octanol–water partition coefficient (Wildman–Crippen LogP) is 2.13. The third kappa shape index (κ3) is 3.33. The van der Waals surface area contributed by atoms with E-state index in [9.17, 15) is 0 Å². The van der Waals surface area contributed by atoms with Crippen LogP contribution in [-0.4, -0.2) is 24.2 Å². The monoisotopic (exact) mass is 236 g/mol. The standard InChI is InChI=1S/C13H20N2O2/c1-16-11-6-5-7-12(15-11)17-10-13(14)8-3-2-4-9-13/h5-7H,2-4,8-10,14H2,1H3. The minimum Gasteiger partial charge on any atom is -0.481 e. The quantitative estimate of drug-likeness (QED) is 0.870. The second-order valence-electron chi connectivity index (χ2n) is 4.73. The molecule has 0 aliphatic heterocycles. The predicted molar refractivity (Wildman–Crippen MR) is 66.3 cm³/mol. The lowest BCUT2D eigenvalue weighted by molar-refractivity contribution is 0.168. The highest BCUT2D eigenvalue weighted by Gasteiger charge is 2.28. The maximum atomic E-state index is 6.29. The Bertz CT molecular complexity index is 362. The molecule has 1 aliphatic carbocycles. The molecule has 2 N–H and O–H groups in total. The lowest BCUT2D eigenvalue weighted by Crippen LogP contribution is -2.47. The van der Waals surface area contributed by atoms with E-state index in [2.05, 4.69) is 4.98 Å². The molecule has 1 fully saturated rings. The van der Waals surface area contributed by atoms with Crippen LogP contribution < -0.4 is 15.2 Å². The van der Waals surface area contributed by atoms with Crippen molar-refractivity contribution in [2.45, 2.75) is 37.6 Å². The molecule has 0 unspecified atom stereocenters. The number of rotatable bonds is 4. The maximum Gasteiger partial charge on any atom is 0.216 e. The summed E-state index contributed by atoms with van der Waals surface area (Å²) >= 11 is 0. The van der Waals surface area contributed by atoms with Gasteiger partial charge < -0.3 is 15.2 Å². The van der Waals surface area contributed by atoms with Crippen molar-refractivity contribution in [3.05, 3.63) is 18.2 Å². The zero-order chi connectivity index (χ0) is 12.1. The van der Waals surface area contributed by atoms with Gasteiger partial charge in [0.1, 0.15) is 6.61 Å². The number of methoxy groups -OCH3 is 1. The molecule has 0 atom stereocenters. The van der Waals surface area contributed by atoms with Crippen molar-refractivity contribution in [1.29, 1.82) is 0 Å². The number of nitrogens with two attached hydrogens (primary N) is 1. The van der Waals surface area contributed by atoms with Gasteiger partial charge in [0.25, 0.3) is 0 Å². The Morgan fingerprint density at radius 2 is 1.94 bits per heavy atom. The van der Waals surface area contributed by atoms with Crippen molar-refractivity contribution in [2.75, 3.05) is 13.7 Å². The first-order valence-electron chi connectivity index (χ1n) is 6.15. The molecule has 0 aromatic carbocycles. The van der Waals surface area contributed by atoms with Crippen LogP contribution in [0.1, 0.15) is 32.1 Å². The average Bonchev–Trinajstić information content (AvgIpc) is 2.38. The zero-order valence-electron chi connectivity index (χ0n) is 10.3. The van der Waals surface area contributed by atoms with Gasteiger partial charge in [-0.3, -0.25) is 0 Å². The van der Waals surface area contributed by atoms with Gasteiger partial charge in [0.05, 0.1) is 12.6 Å². The van der Waals surface area contributed by atoms with Crippen molar-refractivity contribution in [2.24, 2.45) is 5.73 Å². The van der Waals surface area contributed by atoms with Crippen LogP contribution in [0.2, 0.25) is 0 Å². The summed E-state index contributed by atoms with van der Waals surface area (Å²) in [7, 11) is 1.59. The molecule has 17 heavy (non-hydrogen) atoms. The number of hydrogen-bond donors (Lipinski definition) is 1. The van der Waals surface area contributed by atoms with Crippen molar-refractivity contribution >= 4 is 0 Å². The van der Waals surface area contributed by atoms with Crippen molar-refractivity contribution in [3.8, 4) is 11.8 Å². The minimum absolute atomic E-state index is 0.178. The number of ether oxygens (including phenoxy) is 2. The van der Waals surface area contributed by atoms with Crippen LogP contribution in [0.3, 0.4) is 0 Å². The van der Waals surface area contributed by atoms with E-state index in [-0.39, 0.29) is 5.54 Å². The summed E-state index contributed by atoms with van der Waals surface area (Å²) in [5, 5.41) is 0. The summed E-state index contributed by atoms with van der Waals surface area (Å²) in [5.41, 5.74) is 6.12. The van der Waals surface area contributed by atoms with Crippen LogP contribution in [0, 0.1) is 0 Å². The number of hydrogen-bond acceptors (Lipinski definition) is 4. The van der Waals surface area contributed by atoms with Crippen molar-refractivity contribution in [1.82, 2.24) is 4.98 Å². The largest absolute Gasteiger partial charge is 0.481 e. The fourth-order valence-corrected chi connectivity index (χ4v) is 2.21. The van der Waals surface area contributed by atoms with E-state index in [1.54, 1.807) is 13.2 Å². The van der Waals surface area contributed by atoms with E-state index in [4.69, 9.17) is 15.2 Å². The summed E-state index contributed by atoms with van der Waals surface area (Å²) in [5.74, 6) is 1.15. The van der Waals surface area contributed by atoms with Gasteiger partial charge in [-0.2, -0.15) is 4.98 Å². The Kier molecular flexibility index (Phi) is 3.84. The highest BCUT2D eigenvalue weighted by molar-refractivity contribution is 5.19. The number of pyridine rings is 1. The minimum atomic E-state index is -0.178. The molecule has 1 saturated carbocycles. The van der Waals surface area contributed by atoms with E-state index in [1.165, 1.54) is 19.3 Å². The highest BCUT2D eigenvalue weighted by atomic mass is 16.5. The Morgan fingerprint density at radius 1 is 1.24 bits per heavy atom. The van der Waals surface area contributed by atoms with Crippen LogP contribution in [-0.2, 0) is 0 Å². The highest BCUT2D eigenvalue weighted by Crippen LogP contribution is 2.26. The zero-order valence-corrected chi connectivity index (χ0v) is 10.3. The van der Waals surface area contributed by atoms with Gasteiger partial charge >= 0.3 is 0 Å². The number of aromatic nitrogens is 1. The van der Waals surface area contributed by atoms with Crippen LogP contribution >= 0.6 is 0 Å². The van der Waals surface area contributed by atoms with Gasteiger partial charge in [-0.25, -0.2) is 0 Å². The lowest BCUT2D eigenvalue weighted by Gasteiger charge is -2.32. The lowest BCUT2D eigenvalue weighted by atomic mass is 9.83. The number of nitrogens with zero attached hydrogens (tertiary/aromatic N) is 1. The second kappa shape index (κ2) is 5.36. The smallest absolute Gasteiger partial charge is 0.216 e. The van der Waals surface area contributed by atoms with E-state index >= 15 is 0 Å². The molecule has 0 radical (unpaired) electrons. The first kappa shape index (κ1) is 12.2. The molecule has 1 aromatic heterocycles. The van der Waals surface area contributed by atoms with E-state index < -0.39 is 0 Å². The Labute approximate surface area is 102 Å². The van der Waals surface area contributed by atoms with Crippen LogP contribution in [0.25, 0.3) is 0 Å². The first-order chi connectivity index (χ1) is 8.22. The van der Waals surface area contributed by atoms with Crippen LogP contribution in [0.5, 0.6) is 11.8 Å². The molecular formula is C13H20N2O2. The summed E-state index contributed by atoms with van der Waals surface area (Å²) in [4.78, 5) is 4.21. The topological polar surface area (TPSA) is 57.4 Å². The third-order valence-electron chi connectivity index (χ3n) is 3.26. The molecule has 0 amide bonds. The molecule has 1 aliphatic rings. The van der Waals surface area contributed by atoms with E-state index in [0.29, 0.717) is 18.4 Å². The molecule has 0 bridgehead atoms. The fraction of sp³-hybridized carbons (Fsp3) is 0.615. The Hall–Kier alpha value is -1.29. The summed E-state index contributed by atoms with van der Waals surface area (Å²) in [6, 6.07) is 5.49. The van der Waals surface area contributed by atoms with Crippen LogP contribution in [0.4, 0.5) is 0 Å². The molecule has 1 heterocycles. The van der Waals surface area contributed by atoms with Gasteiger partial charge in [-0.15, -0.1) is 0 Å². The molecular weight excluding hydrogens is 216 g/mol. The average molecular weight is 236 g/mol. The molecule has 4 heteroatoms. The molecule has 94 valence electrons. The van der Waals surface area contributed by atoms with Crippen molar-refractivity contribution < 1.29 is 9.47 Å². The molecule has 0 spiro atoms. The van der Waals surface area contributed by atoms with Gasteiger partial charge in [0.15, 0.2) is 0 Å². The van der Waals surface area contributed by atoms with E-state index in [1.807, 2.05) is 12.1 Å². The first-order valence-corrected chi connectivity index (χ1v) is 6.15.